The zero-order valence-electron chi connectivity index (χ0n) is 31.3. The van der Waals surface area contributed by atoms with Gasteiger partial charge in [0.15, 0.2) is 5.78 Å². The predicted octanol–water partition coefficient (Wildman–Crippen LogP) is 4.86. The van der Waals surface area contributed by atoms with Gasteiger partial charge in [-0.15, -0.1) is 0 Å². The van der Waals surface area contributed by atoms with E-state index in [4.69, 9.17) is 9.47 Å². The zero-order chi connectivity index (χ0) is 38.3. The second kappa shape index (κ2) is 12.6. The summed E-state index contributed by atoms with van der Waals surface area (Å²) in [6.45, 7) is 0.761. The van der Waals surface area contributed by atoms with Crippen LogP contribution in [0.2, 0.25) is 0 Å². The maximum atomic E-state index is 16.0. The molecule has 5 atom stereocenters. The summed E-state index contributed by atoms with van der Waals surface area (Å²) in [6.07, 6.45) is 2.24. The molecular formula is C44H43N5O6. The number of carbonyl (C=O) groups is 4. The van der Waals surface area contributed by atoms with Crippen molar-refractivity contribution in [1.29, 1.82) is 0 Å². The summed E-state index contributed by atoms with van der Waals surface area (Å²) in [6, 6.07) is 30.1. The molecule has 0 aliphatic carbocycles. The van der Waals surface area contributed by atoms with Crippen LogP contribution in [0, 0.1) is 11.3 Å². The minimum absolute atomic E-state index is 0.0151. The molecule has 11 nitrogen and oxygen atoms in total. The summed E-state index contributed by atoms with van der Waals surface area (Å²) in [5.41, 5.74) is 0.282. The van der Waals surface area contributed by atoms with E-state index in [2.05, 4.69) is 10.6 Å². The third-order valence-corrected chi connectivity index (χ3v) is 13.0. The van der Waals surface area contributed by atoms with E-state index in [1.54, 1.807) is 25.2 Å². The number of benzene rings is 4. The van der Waals surface area contributed by atoms with E-state index >= 15 is 14.4 Å². The highest BCUT2D eigenvalue weighted by atomic mass is 16.5. The van der Waals surface area contributed by atoms with E-state index in [1.807, 2.05) is 121 Å². The number of nitrogens with one attached hydrogen (secondary N) is 2. The number of ether oxygens (including phenoxy) is 2. The van der Waals surface area contributed by atoms with E-state index in [0.29, 0.717) is 59.1 Å². The maximum absolute atomic E-state index is 16.0. The van der Waals surface area contributed by atoms with Crippen LogP contribution in [0.1, 0.15) is 34.6 Å². The first-order valence-electron chi connectivity index (χ1n) is 18.7. The number of likely N-dealkylation sites (tertiary alicyclic amines) is 3. The molecule has 11 heteroatoms. The molecule has 3 amide bonds. The van der Waals surface area contributed by atoms with Crippen molar-refractivity contribution < 1.29 is 28.7 Å². The van der Waals surface area contributed by atoms with Crippen LogP contribution in [0.3, 0.4) is 0 Å². The molecule has 5 aliphatic heterocycles. The third-order valence-electron chi connectivity index (χ3n) is 13.0. The number of ketones is 1. The second-order valence-corrected chi connectivity index (χ2v) is 15.3. The molecule has 0 aromatic heterocycles. The first kappa shape index (κ1) is 35.0. The molecule has 0 radical (unpaired) electrons. The first-order chi connectivity index (χ1) is 26.6. The lowest BCUT2D eigenvalue weighted by atomic mass is 9.55. The van der Waals surface area contributed by atoms with Gasteiger partial charge in [-0.3, -0.25) is 29.0 Å². The number of hydrogen-bond donors (Lipinski definition) is 2. The highest BCUT2D eigenvalue weighted by Crippen LogP contribution is 2.65. The predicted molar refractivity (Wildman–Crippen MR) is 208 cm³/mol. The molecule has 2 N–H and O–H groups in total. The van der Waals surface area contributed by atoms with Crippen molar-refractivity contribution in [1.82, 2.24) is 14.7 Å². The molecule has 3 saturated heterocycles. The SMILES string of the molecule is COc1ccccc1/C=C1\CN(C(=O)[C@@H]2CCN(C)[C@]23C(=O)Nc2ccccc23)C[C@]2(C1=O)[C@H](c1ccccc1OC)CN(C)[C@]21C(=O)Nc2ccccc21. The van der Waals surface area contributed by atoms with Gasteiger partial charge in [0.05, 0.1) is 25.6 Å². The Morgan fingerprint density at radius 1 is 0.764 bits per heavy atom. The number of methoxy groups -OCH3 is 2. The number of hydrogen-bond acceptors (Lipinski definition) is 8. The molecule has 280 valence electrons. The molecular weight excluding hydrogens is 695 g/mol. The summed E-state index contributed by atoms with van der Waals surface area (Å²) >= 11 is 0. The number of Topliss-reactive ketones (excluding diaryl/α,β-unsaturated/α-hetero) is 1. The Kier molecular flexibility index (Phi) is 8.03. The number of carbonyl (C=O) groups excluding carboxylic acids is 4. The van der Waals surface area contributed by atoms with Crippen molar-refractivity contribution in [2.75, 3.05) is 65.1 Å². The number of likely N-dealkylation sites (N-methyl/N-ethyl adjacent to an activating group) is 2. The minimum Gasteiger partial charge on any atom is -0.496 e. The Labute approximate surface area is 319 Å². The van der Waals surface area contributed by atoms with Crippen molar-refractivity contribution in [3.05, 3.63) is 125 Å². The molecule has 5 heterocycles. The van der Waals surface area contributed by atoms with Gasteiger partial charge in [-0.25, -0.2) is 0 Å². The first-order valence-corrected chi connectivity index (χ1v) is 18.7. The maximum Gasteiger partial charge on any atom is 0.250 e. The van der Waals surface area contributed by atoms with Gasteiger partial charge >= 0.3 is 0 Å². The normalized spacial score (nSPS) is 29.3. The molecule has 3 spiro atoms. The Morgan fingerprint density at radius 2 is 1.38 bits per heavy atom. The number of nitrogens with zero attached hydrogens (tertiary/aromatic N) is 3. The van der Waals surface area contributed by atoms with Gasteiger partial charge in [0, 0.05) is 65.7 Å². The lowest BCUT2D eigenvalue weighted by Gasteiger charge is -2.52. The standard InChI is InChI=1S/C44H43N5O6/c1-47-22-21-32(43(47)30-15-7-9-17-34(30)45-40(43)52)39(51)49-24-28(23-27-13-5-11-19-36(27)54-3)38(50)42(26-49)33(29-14-6-12-20-37(29)55-4)25-48(2)44(42)31-16-8-10-18-35(31)46-41(44)53/h5-20,23,32-33H,21-22,24-26H2,1-4H3,(H,45,52)(H,46,53)/b28-23+/t32-,33-,42+,43-,44+/m0/s1. The van der Waals surface area contributed by atoms with Crippen molar-refractivity contribution in [3.63, 3.8) is 0 Å². The smallest absolute Gasteiger partial charge is 0.250 e. The van der Waals surface area contributed by atoms with Crippen LogP contribution in [0.4, 0.5) is 11.4 Å². The molecule has 4 aromatic rings. The monoisotopic (exact) mass is 737 g/mol. The van der Waals surface area contributed by atoms with E-state index in [0.717, 1.165) is 11.1 Å². The van der Waals surface area contributed by atoms with Crippen molar-refractivity contribution in [3.8, 4) is 11.5 Å². The Morgan fingerprint density at radius 3 is 2.13 bits per heavy atom. The number of para-hydroxylation sites is 4. The van der Waals surface area contributed by atoms with Gasteiger partial charge in [-0.05, 0) is 56.4 Å². The Bertz CT molecular complexity index is 2320. The van der Waals surface area contributed by atoms with Gasteiger partial charge in [-0.2, -0.15) is 0 Å². The molecule has 9 rings (SSSR count). The summed E-state index contributed by atoms with van der Waals surface area (Å²) in [5.74, 6) is -1.23. The van der Waals surface area contributed by atoms with Gasteiger partial charge in [0.1, 0.15) is 22.6 Å². The number of fused-ring (bicyclic) bond motifs is 5. The fourth-order valence-electron chi connectivity index (χ4n) is 10.8. The summed E-state index contributed by atoms with van der Waals surface area (Å²) in [7, 11) is 6.96. The molecule has 0 bridgehead atoms. The third kappa shape index (κ3) is 4.50. The minimum atomic E-state index is -1.54. The topological polar surface area (TPSA) is 121 Å². The van der Waals surface area contributed by atoms with Crippen molar-refractivity contribution in [2.24, 2.45) is 11.3 Å². The van der Waals surface area contributed by atoms with E-state index in [9.17, 15) is 4.79 Å². The summed E-state index contributed by atoms with van der Waals surface area (Å²) in [4.78, 5) is 66.6. The number of rotatable bonds is 5. The van der Waals surface area contributed by atoms with Crippen LogP contribution in [0.5, 0.6) is 11.5 Å². The number of anilines is 2. The van der Waals surface area contributed by atoms with Crippen LogP contribution >= 0.6 is 0 Å². The average Bonchev–Trinajstić information content (AvgIpc) is 3.89. The second-order valence-electron chi connectivity index (χ2n) is 15.3. The van der Waals surface area contributed by atoms with Crippen molar-refractivity contribution in [2.45, 2.75) is 23.4 Å². The average molecular weight is 738 g/mol. The largest absolute Gasteiger partial charge is 0.496 e. The van der Waals surface area contributed by atoms with Gasteiger partial charge in [-0.1, -0.05) is 72.8 Å². The molecule has 0 unspecified atom stereocenters. The highest BCUT2D eigenvalue weighted by molar-refractivity contribution is 6.16. The Balaban J connectivity index is 1.30. The van der Waals surface area contributed by atoms with E-state index < -0.39 is 28.3 Å². The summed E-state index contributed by atoms with van der Waals surface area (Å²) < 4.78 is 11.7. The molecule has 4 aromatic carbocycles. The molecule has 5 aliphatic rings. The fraction of sp³-hybridized carbons (Fsp3) is 0.318. The Hall–Kier alpha value is -5.78. The summed E-state index contributed by atoms with van der Waals surface area (Å²) in [5, 5.41) is 6.19. The van der Waals surface area contributed by atoms with Gasteiger partial charge < -0.3 is 25.0 Å². The lowest BCUT2D eigenvalue weighted by Crippen LogP contribution is -2.67. The quantitative estimate of drug-likeness (QED) is 0.279. The van der Waals surface area contributed by atoms with Crippen LogP contribution < -0.4 is 20.1 Å². The van der Waals surface area contributed by atoms with Crippen LogP contribution in [-0.2, 0) is 30.3 Å². The lowest BCUT2D eigenvalue weighted by molar-refractivity contribution is -0.155. The van der Waals surface area contributed by atoms with E-state index in [1.165, 1.54) is 0 Å². The zero-order valence-corrected chi connectivity index (χ0v) is 31.3. The van der Waals surface area contributed by atoms with Gasteiger partial charge in [0.25, 0.3) is 5.91 Å². The highest BCUT2D eigenvalue weighted by Gasteiger charge is 2.76. The van der Waals surface area contributed by atoms with Crippen LogP contribution in [0.25, 0.3) is 6.08 Å². The van der Waals surface area contributed by atoms with Gasteiger partial charge in [0.2, 0.25) is 11.8 Å². The number of piperidine rings is 1. The molecule has 3 fully saturated rings. The molecule has 55 heavy (non-hydrogen) atoms. The van der Waals surface area contributed by atoms with Crippen molar-refractivity contribution >= 4 is 41.0 Å². The van der Waals surface area contributed by atoms with E-state index in [-0.39, 0.29) is 36.6 Å². The van der Waals surface area contributed by atoms with Crippen LogP contribution in [0.15, 0.2) is 103 Å². The van der Waals surface area contributed by atoms with Crippen LogP contribution in [-0.4, -0.2) is 92.7 Å². The molecule has 0 saturated carbocycles. The number of amides is 3. The fourth-order valence-corrected chi connectivity index (χ4v) is 10.8.